The van der Waals surface area contributed by atoms with Gasteiger partial charge in [0.05, 0.1) is 0 Å². The molecule has 1 N–H and O–H groups in total. The van der Waals surface area contributed by atoms with Crippen LogP contribution in [0.1, 0.15) is 52.9 Å². The van der Waals surface area contributed by atoms with Crippen molar-refractivity contribution >= 4 is 0 Å². The van der Waals surface area contributed by atoms with E-state index in [1.165, 1.54) is 58.3 Å². The lowest BCUT2D eigenvalue weighted by atomic mass is 9.97. The van der Waals surface area contributed by atoms with Crippen molar-refractivity contribution in [2.24, 2.45) is 11.8 Å². The Morgan fingerprint density at radius 3 is 2.82 bits per heavy atom. The van der Waals surface area contributed by atoms with Crippen LogP contribution in [0.25, 0.3) is 0 Å². The topological polar surface area (TPSA) is 15.3 Å². The lowest BCUT2D eigenvalue weighted by Gasteiger charge is -2.33. The molecule has 2 heteroatoms. The van der Waals surface area contributed by atoms with Crippen LogP contribution in [0.5, 0.6) is 0 Å². The summed E-state index contributed by atoms with van der Waals surface area (Å²) in [5.74, 6) is 1.95. The van der Waals surface area contributed by atoms with E-state index in [9.17, 15) is 0 Å². The second kappa shape index (κ2) is 5.71. The van der Waals surface area contributed by atoms with Crippen molar-refractivity contribution in [3.8, 4) is 0 Å². The molecule has 1 aliphatic heterocycles. The Kier molecular flexibility index (Phi) is 4.48. The van der Waals surface area contributed by atoms with E-state index >= 15 is 0 Å². The first-order chi connectivity index (χ1) is 8.11. The molecule has 100 valence electrons. The van der Waals surface area contributed by atoms with E-state index in [4.69, 9.17) is 0 Å². The molecule has 2 nitrogen and oxygen atoms in total. The average molecular weight is 238 g/mol. The summed E-state index contributed by atoms with van der Waals surface area (Å²) < 4.78 is 0. The molecular weight excluding hydrogens is 208 g/mol. The second-order valence-corrected chi connectivity index (χ2v) is 6.71. The van der Waals surface area contributed by atoms with Gasteiger partial charge in [0.2, 0.25) is 0 Å². The summed E-state index contributed by atoms with van der Waals surface area (Å²) in [7, 11) is 0. The molecule has 1 saturated heterocycles. The maximum Gasteiger partial charge on any atom is 0.0277 e. The van der Waals surface area contributed by atoms with E-state index in [0.717, 1.165) is 11.8 Å². The van der Waals surface area contributed by atoms with Crippen molar-refractivity contribution in [1.82, 2.24) is 10.2 Å². The SMILES string of the molecule is CCC1(C)CN(CC2CCC(C)C2)CCCN1. The average Bonchev–Trinajstić information content (AvgIpc) is 2.59. The summed E-state index contributed by atoms with van der Waals surface area (Å²) in [4.78, 5) is 2.73. The number of hydrogen-bond acceptors (Lipinski definition) is 2. The first kappa shape index (κ1) is 13.4. The molecule has 0 aromatic carbocycles. The predicted octanol–water partition coefficient (Wildman–Crippen LogP) is 2.89. The van der Waals surface area contributed by atoms with Gasteiger partial charge in [-0.1, -0.05) is 20.3 Å². The summed E-state index contributed by atoms with van der Waals surface area (Å²) >= 11 is 0. The van der Waals surface area contributed by atoms with Crippen LogP contribution >= 0.6 is 0 Å². The number of rotatable bonds is 3. The molecule has 1 heterocycles. The van der Waals surface area contributed by atoms with Gasteiger partial charge in [-0.25, -0.2) is 0 Å². The van der Waals surface area contributed by atoms with Gasteiger partial charge in [0.1, 0.15) is 0 Å². The summed E-state index contributed by atoms with van der Waals surface area (Å²) in [6, 6.07) is 0. The second-order valence-electron chi connectivity index (χ2n) is 6.71. The first-order valence-electron chi connectivity index (χ1n) is 7.59. The third kappa shape index (κ3) is 3.69. The van der Waals surface area contributed by atoms with Crippen molar-refractivity contribution in [1.29, 1.82) is 0 Å². The highest BCUT2D eigenvalue weighted by Gasteiger charge is 2.29. The zero-order chi connectivity index (χ0) is 12.3. The molecule has 0 bridgehead atoms. The minimum absolute atomic E-state index is 0.348. The van der Waals surface area contributed by atoms with Gasteiger partial charge >= 0.3 is 0 Å². The molecule has 1 aliphatic carbocycles. The van der Waals surface area contributed by atoms with E-state index < -0.39 is 0 Å². The van der Waals surface area contributed by atoms with Crippen LogP contribution in [0.4, 0.5) is 0 Å². The summed E-state index contributed by atoms with van der Waals surface area (Å²) in [5.41, 5.74) is 0.348. The van der Waals surface area contributed by atoms with Gasteiger partial charge < -0.3 is 10.2 Å². The Labute approximate surface area is 107 Å². The normalized spacial score (nSPS) is 40.4. The fraction of sp³-hybridized carbons (Fsp3) is 1.00. The highest BCUT2D eigenvalue weighted by atomic mass is 15.2. The van der Waals surface area contributed by atoms with Crippen molar-refractivity contribution < 1.29 is 0 Å². The largest absolute Gasteiger partial charge is 0.310 e. The number of hydrogen-bond donors (Lipinski definition) is 1. The van der Waals surface area contributed by atoms with Crippen LogP contribution in [0.15, 0.2) is 0 Å². The number of nitrogens with zero attached hydrogens (tertiary/aromatic N) is 1. The fourth-order valence-electron chi connectivity index (χ4n) is 3.57. The molecule has 3 unspecified atom stereocenters. The van der Waals surface area contributed by atoms with Crippen LogP contribution in [-0.4, -0.2) is 36.6 Å². The van der Waals surface area contributed by atoms with Crippen LogP contribution in [-0.2, 0) is 0 Å². The Bertz CT molecular complexity index is 241. The minimum Gasteiger partial charge on any atom is -0.310 e. The molecule has 0 spiro atoms. The molecule has 2 fully saturated rings. The zero-order valence-corrected chi connectivity index (χ0v) is 12.0. The molecule has 1 saturated carbocycles. The van der Waals surface area contributed by atoms with Crippen LogP contribution in [0.3, 0.4) is 0 Å². The Hall–Kier alpha value is -0.0800. The monoisotopic (exact) mass is 238 g/mol. The van der Waals surface area contributed by atoms with E-state index in [2.05, 4.69) is 31.0 Å². The van der Waals surface area contributed by atoms with Crippen molar-refractivity contribution in [2.75, 3.05) is 26.2 Å². The Morgan fingerprint density at radius 2 is 2.18 bits per heavy atom. The molecule has 0 aromatic rings. The quantitative estimate of drug-likeness (QED) is 0.813. The maximum atomic E-state index is 3.73. The zero-order valence-electron chi connectivity index (χ0n) is 12.0. The number of nitrogens with one attached hydrogen (secondary N) is 1. The Balaban J connectivity index is 1.86. The third-order valence-electron chi connectivity index (χ3n) is 4.88. The standard InChI is InChI=1S/C15H30N2/c1-4-15(3)12-17(9-5-8-16-15)11-14-7-6-13(2)10-14/h13-14,16H,4-12H2,1-3H3. The summed E-state index contributed by atoms with van der Waals surface area (Å²) in [5, 5.41) is 3.73. The van der Waals surface area contributed by atoms with E-state index in [1.54, 1.807) is 0 Å². The molecule has 2 rings (SSSR count). The molecule has 0 amide bonds. The van der Waals surface area contributed by atoms with Gasteiger partial charge in [-0.3, -0.25) is 0 Å². The smallest absolute Gasteiger partial charge is 0.0277 e. The van der Waals surface area contributed by atoms with Gasteiger partial charge in [0.25, 0.3) is 0 Å². The molecule has 2 aliphatic rings. The third-order valence-corrected chi connectivity index (χ3v) is 4.88. The van der Waals surface area contributed by atoms with Crippen molar-refractivity contribution in [2.45, 2.75) is 58.4 Å². The van der Waals surface area contributed by atoms with E-state index in [-0.39, 0.29) is 0 Å². The highest BCUT2D eigenvalue weighted by Crippen LogP contribution is 2.31. The lowest BCUT2D eigenvalue weighted by molar-refractivity contribution is 0.188. The molecular formula is C15H30N2. The highest BCUT2D eigenvalue weighted by molar-refractivity contribution is 4.89. The van der Waals surface area contributed by atoms with Gasteiger partial charge in [-0.05, 0) is 57.5 Å². The summed E-state index contributed by atoms with van der Waals surface area (Å²) in [6.07, 6.45) is 6.95. The van der Waals surface area contributed by atoms with E-state index in [1.807, 2.05) is 0 Å². The first-order valence-corrected chi connectivity index (χ1v) is 7.59. The van der Waals surface area contributed by atoms with Gasteiger partial charge in [0, 0.05) is 18.6 Å². The predicted molar refractivity (Wildman–Crippen MR) is 74.3 cm³/mol. The van der Waals surface area contributed by atoms with Gasteiger partial charge in [-0.15, -0.1) is 0 Å². The van der Waals surface area contributed by atoms with Crippen LogP contribution in [0.2, 0.25) is 0 Å². The maximum absolute atomic E-state index is 3.73. The van der Waals surface area contributed by atoms with Crippen LogP contribution < -0.4 is 5.32 Å². The van der Waals surface area contributed by atoms with E-state index in [0.29, 0.717) is 5.54 Å². The molecule has 0 radical (unpaired) electrons. The van der Waals surface area contributed by atoms with Crippen LogP contribution in [0, 0.1) is 11.8 Å². The molecule has 3 atom stereocenters. The molecule has 17 heavy (non-hydrogen) atoms. The van der Waals surface area contributed by atoms with Gasteiger partial charge in [0.15, 0.2) is 0 Å². The van der Waals surface area contributed by atoms with Gasteiger partial charge in [-0.2, -0.15) is 0 Å². The lowest BCUT2D eigenvalue weighted by Crippen LogP contribution is -2.49. The fourth-order valence-corrected chi connectivity index (χ4v) is 3.57. The molecule has 0 aromatic heterocycles. The minimum atomic E-state index is 0.348. The summed E-state index contributed by atoms with van der Waals surface area (Å²) in [6.45, 7) is 12.2. The van der Waals surface area contributed by atoms with Crippen molar-refractivity contribution in [3.05, 3.63) is 0 Å². The Morgan fingerprint density at radius 1 is 1.35 bits per heavy atom. The van der Waals surface area contributed by atoms with Crippen molar-refractivity contribution in [3.63, 3.8) is 0 Å².